The van der Waals surface area contributed by atoms with Crippen LogP contribution in [0.3, 0.4) is 0 Å². The maximum absolute atomic E-state index is 13.7. The fourth-order valence-electron chi connectivity index (χ4n) is 2.74. The van der Waals surface area contributed by atoms with Crippen molar-refractivity contribution in [2.45, 2.75) is 38.8 Å². The predicted molar refractivity (Wildman–Crippen MR) is 70.2 cm³/mol. The van der Waals surface area contributed by atoms with Crippen molar-refractivity contribution in [3.63, 3.8) is 0 Å². The zero-order valence-electron chi connectivity index (χ0n) is 11.6. The summed E-state index contributed by atoms with van der Waals surface area (Å²) in [7, 11) is 0. The number of piperidine rings is 1. The van der Waals surface area contributed by atoms with Crippen molar-refractivity contribution in [3.8, 4) is 0 Å². The number of hydrogen-bond donors (Lipinski definition) is 1. The number of rotatable bonds is 4. The van der Waals surface area contributed by atoms with Gasteiger partial charge < -0.3 is 9.64 Å². The van der Waals surface area contributed by atoms with Crippen LogP contribution in [0, 0.1) is 11.6 Å². The minimum Gasteiger partial charge on any atom is -0.462 e. The molecule has 2 rings (SSSR count). The van der Waals surface area contributed by atoms with Gasteiger partial charge in [-0.1, -0.05) is 0 Å². The summed E-state index contributed by atoms with van der Waals surface area (Å²) < 4.78 is 32.0. The van der Waals surface area contributed by atoms with Gasteiger partial charge in [-0.3, -0.25) is 0 Å². The Morgan fingerprint density at radius 2 is 2.20 bits per heavy atom. The van der Waals surface area contributed by atoms with Crippen molar-refractivity contribution in [3.05, 3.63) is 35.4 Å². The molecule has 0 bridgehead atoms. The SMILES string of the molecule is CCOC(=O)[C@@H]1CCCC[NH+]1Cc1cc(F)ccc1F. The molecule has 1 aliphatic heterocycles. The molecule has 0 saturated carbocycles. The second kappa shape index (κ2) is 6.79. The number of carbonyl (C=O) groups is 1. The molecule has 1 aromatic rings. The van der Waals surface area contributed by atoms with Crippen LogP contribution in [0.15, 0.2) is 18.2 Å². The van der Waals surface area contributed by atoms with E-state index >= 15 is 0 Å². The maximum atomic E-state index is 13.7. The lowest BCUT2D eigenvalue weighted by Crippen LogP contribution is -3.16. The van der Waals surface area contributed by atoms with E-state index in [1.165, 1.54) is 6.07 Å². The number of hydrogen-bond acceptors (Lipinski definition) is 2. The monoisotopic (exact) mass is 284 g/mol. The molecule has 110 valence electrons. The first-order valence-electron chi connectivity index (χ1n) is 7.07. The van der Waals surface area contributed by atoms with Crippen LogP contribution in [0.25, 0.3) is 0 Å². The van der Waals surface area contributed by atoms with Gasteiger partial charge in [-0.05, 0) is 38.0 Å². The summed E-state index contributed by atoms with van der Waals surface area (Å²) in [6, 6.07) is 3.17. The Hall–Kier alpha value is -1.49. The first-order chi connectivity index (χ1) is 9.61. The van der Waals surface area contributed by atoms with Crippen LogP contribution < -0.4 is 4.90 Å². The van der Waals surface area contributed by atoms with E-state index in [1.807, 2.05) is 0 Å². The van der Waals surface area contributed by atoms with E-state index in [-0.39, 0.29) is 12.0 Å². The molecule has 20 heavy (non-hydrogen) atoms. The highest BCUT2D eigenvalue weighted by atomic mass is 19.1. The van der Waals surface area contributed by atoms with E-state index in [1.54, 1.807) is 6.92 Å². The van der Waals surface area contributed by atoms with Crippen LogP contribution in [-0.4, -0.2) is 25.2 Å². The fourth-order valence-corrected chi connectivity index (χ4v) is 2.74. The van der Waals surface area contributed by atoms with E-state index in [4.69, 9.17) is 4.74 Å². The van der Waals surface area contributed by atoms with Gasteiger partial charge in [0.2, 0.25) is 0 Å². The highest BCUT2D eigenvalue weighted by Gasteiger charge is 2.34. The smallest absolute Gasteiger partial charge is 0.364 e. The predicted octanol–water partition coefficient (Wildman–Crippen LogP) is 1.47. The molecule has 1 aliphatic rings. The molecule has 0 spiro atoms. The van der Waals surface area contributed by atoms with E-state index < -0.39 is 11.6 Å². The number of halogens is 2. The lowest BCUT2D eigenvalue weighted by Gasteiger charge is -2.31. The molecule has 2 atom stereocenters. The molecule has 1 unspecified atom stereocenters. The van der Waals surface area contributed by atoms with Gasteiger partial charge in [0.1, 0.15) is 18.2 Å². The third kappa shape index (κ3) is 3.54. The van der Waals surface area contributed by atoms with Gasteiger partial charge >= 0.3 is 5.97 Å². The summed E-state index contributed by atoms with van der Waals surface area (Å²) in [5.41, 5.74) is 0.316. The Morgan fingerprint density at radius 3 is 2.95 bits per heavy atom. The molecule has 1 fully saturated rings. The normalized spacial score (nSPS) is 22.6. The maximum Gasteiger partial charge on any atom is 0.364 e. The minimum atomic E-state index is -0.453. The first kappa shape index (κ1) is 14.9. The van der Waals surface area contributed by atoms with Gasteiger partial charge in [0.15, 0.2) is 6.04 Å². The molecule has 1 saturated heterocycles. The van der Waals surface area contributed by atoms with Crippen LogP contribution in [0.4, 0.5) is 8.78 Å². The molecule has 0 aliphatic carbocycles. The molecular formula is C15H20F2NO2+. The number of esters is 1. The lowest BCUT2D eigenvalue weighted by molar-refractivity contribution is -0.935. The Balaban J connectivity index is 2.12. The minimum absolute atomic E-state index is 0.237. The van der Waals surface area contributed by atoms with Crippen molar-refractivity contribution in [2.24, 2.45) is 0 Å². The van der Waals surface area contributed by atoms with Gasteiger partial charge in [-0.15, -0.1) is 0 Å². The van der Waals surface area contributed by atoms with E-state index in [2.05, 4.69) is 0 Å². The van der Waals surface area contributed by atoms with E-state index in [0.717, 1.165) is 42.8 Å². The zero-order chi connectivity index (χ0) is 14.5. The van der Waals surface area contributed by atoms with Crippen molar-refractivity contribution < 1.29 is 23.2 Å². The number of quaternary nitrogens is 1. The number of likely N-dealkylation sites (tertiary alicyclic amines) is 1. The van der Waals surface area contributed by atoms with E-state index in [9.17, 15) is 13.6 Å². The Kier molecular flexibility index (Phi) is 5.06. The summed E-state index contributed by atoms with van der Waals surface area (Å²) in [4.78, 5) is 12.9. The lowest BCUT2D eigenvalue weighted by atomic mass is 10.0. The number of nitrogens with one attached hydrogen (secondary N) is 1. The van der Waals surface area contributed by atoms with Gasteiger partial charge in [0.25, 0.3) is 0 Å². The van der Waals surface area contributed by atoms with Crippen molar-refractivity contribution in [1.82, 2.24) is 0 Å². The molecule has 3 nitrogen and oxygen atoms in total. The van der Waals surface area contributed by atoms with Crippen LogP contribution in [-0.2, 0) is 16.1 Å². The van der Waals surface area contributed by atoms with Gasteiger partial charge in [0, 0.05) is 12.0 Å². The van der Waals surface area contributed by atoms with Gasteiger partial charge in [-0.25, -0.2) is 13.6 Å². The average Bonchev–Trinajstić information content (AvgIpc) is 2.44. The van der Waals surface area contributed by atoms with Gasteiger partial charge in [-0.2, -0.15) is 0 Å². The summed E-state index contributed by atoms with van der Waals surface area (Å²) >= 11 is 0. The second-order valence-corrected chi connectivity index (χ2v) is 5.12. The number of benzene rings is 1. The largest absolute Gasteiger partial charge is 0.462 e. The topological polar surface area (TPSA) is 30.7 Å². The first-order valence-corrected chi connectivity index (χ1v) is 7.07. The molecule has 1 N–H and O–H groups in total. The summed E-state index contributed by atoms with van der Waals surface area (Å²) in [5.74, 6) is -1.11. The quantitative estimate of drug-likeness (QED) is 0.849. The van der Waals surface area contributed by atoms with Crippen LogP contribution in [0.5, 0.6) is 0 Å². The Bertz CT molecular complexity index is 479. The van der Waals surface area contributed by atoms with Crippen LogP contribution in [0.1, 0.15) is 31.7 Å². The van der Waals surface area contributed by atoms with Crippen LogP contribution in [0.2, 0.25) is 0 Å². The highest BCUT2D eigenvalue weighted by molar-refractivity contribution is 5.74. The highest BCUT2D eigenvalue weighted by Crippen LogP contribution is 2.11. The number of carbonyl (C=O) groups excluding carboxylic acids is 1. The summed E-state index contributed by atoms with van der Waals surface area (Å²) in [5, 5.41) is 0. The van der Waals surface area contributed by atoms with E-state index in [0.29, 0.717) is 18.7 Å². The molecular weight excluding hydrogens is 264 g/mol. The molecule has 1 heterocycles. The second-order valence-electron chi connectivity index (χ2n) is 5.12. The summed E-state index contributed by atoms with van der Waals surface area (Å²) in [6.45, 7) is 3.20. The zero-order valence-corrected chi connectivity index (χ0v) is 11.6. The summed E-state index contributed by atoms with van der Waals surface area (Å²) in [6.07, 6.45) is 2.70. The third-order valence-electron chi connectivity index (χ3n) is 3.73. The standard InChI is InChI=1S/C15H19F2NO2/c1-2-20-15(19)14-5-3-4-8-18(14)10-11-9-12(16)6-7-13(11)17/h6-7,9,14H,2-5,8,10H2,1H3/p+1/t14-/m0/s1. The molecule has 0 amide bonds. The average molecular weight is 284 g/mol. The fraction of sp³-hybridized carbons (Fsp3) is 0.533. The Labute approximate surface area is 117 Å². The molecule has 0 aromatic heterocycles. The number of ether oxygens (including phenoxy) is 1. The Morgan fingerprint density at radius 1 is 1.40 bits per heavy atom. The van der Waals surface area contributed by atoms with Crippen molar-refractivity contribution in [2.75, 3.05) is 13.2 Å². The molecule has 0 radical (unpaired) electrons. The van der Waals surface area contributed by atoms with Gasteiger partial charge in [0.05, 0.1) is 13.2 Å². The third-order valence-corrected chi connectivity index (χ3v) is 3.73. The molecule has 1 aromatic carbocycles. The molecule has 5 heteroatoms. The van der Waals surface area contributed by atoms with Crippen molar-refractivity contribution >= 4 is 5.97 Å². The van der Waals surface area contributed by atoms with Crippen LogP contribution >= 0.6 is 0 Å². The van der Waals surface area contributed by atoms with Crippen molar-refractivity contribution in [1.29, 1.82) is 0 Å².